The molecule has 0 saturated carbocycles. The minimum Gasteiger partial charge on any atom is -0.472 e. The lowest BCUT2D eigenvalue weighted by atomic mass is 9.53. The molecule has 0 spiro atoms. The van der Waals surface area contributed by atoms with Gasteiger partial charge in [0.05, 0.1) is 36.7 Å². The van der Waals surface area contributed by atoms with Crippen LogP contribution in [0.25, 0.3) is 0 Å². The number of rotatable bonds is 2. The Morgan fingerprint density at radius 1 is 1.04 bits per heavy atom. The molecule has 0 aliphatic carbocycles. The van der Waals surface area contributed by atoms with Gasteiger partial charge in [-0.15, -0.1) is 0 Å². The molecule has 2 fully saturated rings. The van der Waals surface area contributed by atoms with E-state index in [1.165, 1.54) is 12.5 Å². The van der Waals surface area contributed by atoms with Crippen LogP contribution in [0.2, 0.25) is 0 Å². The van der Waals surface area contributed by atoms with E-state index in [9.17, 15) is 15.8 Å². The highest BCUT2D eigenvalue weighted by Gasteiger charge is 2.79. The second kappa shape index (κ2) is 5.45. The van der Waals surface area contributed by atoms with E-state index in [1.807, 2.05) is 18.2 Å². The van der Waals surface area contributed by atoms with Crippen molar-refractivity contribution in [3.63, 3.8) is 0 Å². The highest BCUT2D eigenvalue weighted by Crippen LogP contribution is 2.68. The molecule has 2 aromatic rings. The lowest BCUT2D eigenvalue weighted by Gasteiger charge is -2.48. The predicted molar refractivity (Wildman–Crippen MR) is 90.3 cm³/mol. The molecule has 2 bridgehead atoms. The van der Waals surface area contributed by atoms with E-state index in [0.29, 0.717) is 11.1 Å². The molecular formula is C20H14N4O3. The smallest absolute Gasteiger partial charge is 0.244 e. The monoisotopic (exact) mass is 358 g/mol. The zero-order chi connectivity index (χ0) is 19.3. The minimum atomic E-state index is -1.98. The summed E-state index contributed by atoms with van der Waals surface area (Å²) in [5.74, 6) is -2.67. The molecule has 2 saturated heterocycles. The Kier molecular flexibility index (Phi) is 3.40. The molecule has 4 unspecified atom stereocenters. The number of furan rings is 1. The van der Waals surface area contributed by atoms with Gasteiger partial charge in [0.15, 0.2) is 5.41 Å². The van der Waals surface area contributed by atoms with Crippen molar-refractivity contribution < 1.29 is 13.9 Å². The predicted octanol–water partition coefficient (Wildman–Crippen LogP) is 3.39. The number of nitrogens with one attached hydrogen (secondary N) is 1. The largest absolute Gasteiger partial charge is 0.472 e. The van der Waals surface area contributed by atoms with Gasteiger partial charge in [0.1, 0.15) is 6.10 Å². The SMILES string of the molecule is CC1C2(c3ccccc3)OC(=N)C1(C#N)C(C#N)(C#N)C(c1ccoc1)O2. The number of nitrogens with zero attached hydrogens (tertiary/aromatic N) is 3. The molecule has 3 heterocycles. The van der Waals surface area contributed by atoms with Crippen LogP contribution in [0.3, 0.4) is 0 Å². The van der Waals surface area contributed by atoms with Crippen LogP contribution in [0.1, 0.15) is 24.2 Å². The van der Waals surface area contributed by atoms with E-state index in [2.05, 4.69) is 6.07 Å². The average molecular weight is 358 g/mol. The third kappa shape index (κ3) is 1.73. The van der Waals surface area contributed by atoms with Crippen LogP contribution in [0.15, 0.2) is 53.3 Å². The van der Waals surface area contributed by atoms with Gasteiger partial charge in [-0.3, -0.25) is 5.41 Å². The summed E-state index contributed by atoms with van der Waals surface area (Å²) in [6.45, 7) is 1.67. The summed E-state index contributed by atoms with van der Waals surface area (Å²) in [5, 5.41) is 38.6. The first kappa shape index (κ1) is 16.8. The van der Waals surface area contributed by atoms with Gasteiger partial charge >= 0.3 is 0 Å². The van der Waals surface area contributed by atoms with Crippen LogP contribution < -0.4 is 0 Å². The molecule has 0 radical (unpaired) electrons. The molecule has 4 rings (SSSR count). The Hall–Kier alpha value is -3.60. The second-order valence-corrected chi connectivity index (χ2v) is 6.69. The van der Waals surface area contributed by atoms with Crippen LogP contribution in [-0.2, 0) is 15.3 Å². The number of hydrogen-bond acceptors (Lipinski definition) is 7. The van der Waals surface area contributed by atoms with Gasteiger partial charge in [-0.1, -0.05) is 37.3 Å². The average Bonchev–Trinajstić information content (AvgIpc) is 3.28. The molecule has 27 heavy (non-hydrogen) atoms. The Balaban J connectivity index is 2.05. The first-order valence-corrected chi connectivity index (χ1v) is 8.29. The van der Waals surface area contributed by atoms with Crippen molar-refractivity contribution >= 4 is 5.90 Å². The lowest BCUT2D eigenvalue weighted by Crippen LogP contribution is -2.57. The molecule has 1 aromatic heterocycles. The van der Waals surface area contributed by atoms with Crippen LogP contribution in [-0.4, -0.2) is 5.90 Å². The number of ether oxygens (including phenoxy) is 2. The number of fused-ring (bicyclic) bond motifs is 2. The summed E-state index contributed by atoms with van der Waals surface area (Å²) in [7, 11) is 0. The van der Waals surface area contributed by atoms with Crippen molar-refractivity contribution in [2.45, 2.75) is 18.8 Å². The lowest BCUT2D eigenvalue weighted by molar-refractivity contribution is -0.288. The summed E-state index contributed by atoms with van der Waals surface area (Å²) >= 11 is 0. The maximum atomic E-state index is 10.1. The van der Waals surface area contributed by atoms with E-state index >= 15 is 0 Å². The first-order valence-electron chi connectivity index (χ1n) is 8.29. The summed E-state index contributed by atoms with van der Waals surface area (Å²) in [4.78, 5) is 0. The van der Waals surface area contributed by atoms with Gasteiger partial charge in [-0.2, -0.15) is 15.8 Å². The summed E-state index contributed by atoms with van der Waals surface area (Å²) < 4.78 is 17.3. The molecule has 1 N–H and O–H groups in total. The van der Waals surface area contributed by atoms with Crippen molar-refractivity contribution in [1.29, 1.82) is 21.2 Å². The Morgan fingerprint density at radius 2 is 1.74 bits per heavy atom. The van der Waals surface area contributed by atoms with Crippen molar-refractivity contribution in [1.82, 2.24) is 0 Å². The van der Waals surface area contributed by atoms with Crippen molar-refractivity contribution in [3.05, 3.63) is 60.1 Å². The number of nitriles is 3. The standard InChI is InChI=1S/C20H14N4O3/c1-13-19(12-23)17(24)27-20(13,15-5-3-2-4-6-15)26-16(14-7-8-25-9-14)18(19,10-21)11-22/h2-9,13,16,24H,1H3. The van der Waals surface area contributed by atoms with Crippen molar-refractivity contribution in [2.75, 3.05) is 0 Å². The van der Waals surface area contributed by atoms with Gasteiger partial charge in [0.2, 0.25) is 17.1 Å². The highest BCUT2D eigenvalue weighted by molar-refractivity contribution is 5.89. The normalized spacial score (nSPS) is 33.3. The quantitative estimate of drug-likeness (QED) is 0.876. The van der Waals surface area contributed by atoms with Gasteiger partial charge in [-0.05, 0) is 6.07 Å². The molecule has 4 atom stereocenters. The van der Waals surface area contributed by atoms with Gasteiger partial charge < -0.3 is 13.9 Å². The maximum Gasteiger partial charge on any atom is 0.244 e. The Labute approximate surface area is 155 Å². The minimum absolute atomic E-state index is 0.434. The fourth-order valence-corrected chi connectivity index (χ4v) is 4.26. The Morgan fingerprint density at radius 3 is 2.30 bits per heavy atom. The molecular weight excluding hydrogens is 344 g/mol. The third-order valence-electron chi connectivity index (χ3n) is 5.69. The van der Waals surface area contributed by atoms with E-state index < -0.39 is 34.5 Å². The van der Waals surface area contributed by atoms with Gasteiger partial charge in [-0.25, -0.2) is 0 Å². The summed E-state index contributed by atoms with van der Waals surface area (Å²) in [5.41, 5.74) is -2.73. The maximum absolute atomic E-state index is 10.1. The number of benzene rings is 1. The first-order chi connectivity index (χ1) is 13.0. The molecule has 1 aromatic carbocycles. The molecule has 7 nitrogen and oxygen atoms in total. The van der Waals surface area contributed by atoms with E-state index in [-0.39, 0.29) is 0 Å². The summed E-state index contributed by atoms with van der Waals surface area (Å²) in [6.07, 6.45) is 1.64. The zero-order valence-electron chi connectivity index (χ0n) is 14.3. The van der Waals surface area contributed by atoms with Crippen LogP contribution in [0.4, 0.5) is 0 Å². The van der Waals surface area contributed by atoms with E-state index in [4.69, 9.17) is 19.3 Å². The van der Waals surface area contributed by atoms with Crippen LogP contribution >= 0.6 is 0 Å². The molecule has 2 aliphatic heterocycles. The van der Waals surface area contributed by atoms with Crippen LogP contribution in [0.5, 0.6) is 0 Å². The molecule has 2 aliphatic rings. The Bertz CT molecular complexity index is 1010. The van der Waals surface area contributed by atoms with E-state index in [1.54, 1.807) is 37.3 Å². The molecule has 132 valence electrons. The van der Waals surface area contributed by atoms with Crippen LogP contribution in [0, 0.1) is 56.2 Å². The van der Waals surface area contributed by atoms with Gasteiger partial charge in [0.25, 0.3) is 0 Å². The zero-order valence-corrected chi connectivity index (χ0v) is 14.3. The highest BCUT2D eigenvalue weighted by atomic mass is 16.7. The topological polar surface area (TPSA) is 127 Å². The summed E-state index contributed by atoms with van der Waals surface area (Å²) in [6, 6.07) is 16.6. The van der Waals surface area contributed by atoms with Crippen molar-refractivity contribution in [3.8, 4) is 18.2 Å². The molecule has 7 heteroatoms. The van der Waals surface area contributed by atoms with Crippen molar-refractivity contribution in [2.24, 2.45) is 16.7 Å². The number of hydrogen-bond donors (Lipinski definition) is 1. The third-order valence-corrected chi connectivity index (χ3v) is 5.69. The fraction of sp³-hybridized carbons (Fsp3) is 0.300. The van der Waals surface area contributed by atoms with E-state index in [0.717, 1.165) is 0 Å². The second-order valence-electron chi connectivity index (χ2n) is 6.69. The fourth-order valence-electron chi connectivity index (χ4n) is 4.26. The molecule has 0 amide bonds. The van der Waals surface area contributed by atoms with Gasteiger partial charge in [0, 0.05) is 11.1 Å².